The molecular weight excluding hydrogens is 164 g/mol. The predicted molar refractivity (Wildman–Crippen MR) is 51.6 cm³/mol. The fraction of sp³-hybridized carbons (Fsp3) is 1.00. The Bertz CT molecular complexity index is 169. The molecule has 0 aromatic carbocycles. The maximum atomic E-state index is 10.0. The number of ether oxygens (including phenoxy) is 1. The molecule has 0 heterocycles. The van der Waals surface area contributed by atoms with Gasteiger partial charge in [0, 0.05) is 19.4 Å². The van der Waals surface area contributed by atoms with E-state index in [-0.39, 0.29) is 5.60 Å². The Labute approximate surface area is 80.3 Å². The summed E-state index contributed by atoms with van der Waals surface area (Å²) >= 11 is 0. The Morgan fingerprint density at radius 2 is 2.08 bits per heavy atom. The molecule has 2 nitrogen and oxygen atoms in total. The van der Waals surface area contributed by atoms with Gasteiger partial charge in [-0.1, -0.05) is 12.8 Å². The molecule has 2 fully saturated rings. The first-order valence-corrected chi connectivity index (χ1v) is 5.56. The van der Waals surface area contributed by atoms with Gasteiger partial charge in [-0.3, -0.25) is 0 Å². The Kier molecular flexibility index (Phi) is 2.61. The normalized spacial score (nSPS) is 38.8. The summed E-state index contributed by atoms with van der Waals surface area (Å²) in [5.74, 6) is 0.940. The van der Waals surface area contributed by atoms with E-state index >= 15 is 0 Å². The molecule has 0 atom stereocenters. The van der Waals surface area contributed by atoms with Crippen LogP contribution in [0.4, 0.5) is 0 Å². The van der Waals surface area contributed by atoms with Gasteiger partial charge in [0.15, 0.2) is 0 Å². The van der Waals surface area contributed by atoms with E-state index in [2.05, 4.69) is 0 Å². The molecule has 0 aromatic rings. The zero-order valence-corrected chi connectivity index (χ0v) is 8.46. The molecule has 76 valence electrons. The third kappa shape index (κ3) is 2.44. The van der Waals surface area contributed by atoms with E-state index in [0.29, 0.717) is 6.10 Å². The highest BCUT2D eigenvalue weighted by molar-refractivity contribution is 4.96. The minimum Gasteiger partial charge on any atom is -0.390 e. The molecule has 0 unspecified atom stereocenters. The van der Waals surface area contributed by atoms with Crippen molar-refractivity contribution < 1.29 is 9.84 Å². The van der Waals surface area contributed by atoms with E-state index in [1.165, 1.54) is 19.3 Å². The van der Waals surface area contributed by atoms with Gasteiger partial charge in [0.25, 0.3) is 0 Å². The summed E-state index contributed by atoms with van der Waals surface area (Å²) in [6, 6.07) is 0. The standard InChI is InChI=1S/C11H20O2/c1-2-13-10-7-11(12,8-10)6-5-9-3-4-9/h9-10,12H,2-8H2,1H3. The van der Waals surface area contributed by atoms with Crippen LogP contribution in [0, 0.1) is 5.92 Å². The average Bonchev–Trinajstić information content (AvgIpc) is 2.81. The Hall–Kier alpha value is -0.0800. The summed E-state index contributed by atoms with van der Waals surface area (Å²) in [7, 11) is 0. The van der Waals surface area contributed by atoms with Crippen molar-refractivity contribution in [2.24, 2.45) is 5.92 Å². The number of hydrogen-bond acceptors (Lipinski definition) is 2. The molecule has 2 saturated carbocycles. The zero-order chi connectivity index (χ0) is 9.31. The Morgan fingerprint density at radius 3 is 2.62 bits per heavy atom. The third-order valence-electron chi connectivity index (χ3n) is 3.33. The molecule has 2 heteroatoms. The zero-order valence-electron chi connectivity index (χ0n) is 8.46. The molecule has 0 spiro atoms. The number of rotatable bonds is 5. The third-order valence-corrected chi connectivity index (χ3v) is 3.33. The molecular formula is C11H20O2. The van der Waals surface area contributed by atoms with E-state index in [1.54, 1.807) is 0 Å². The van der Waals surface area contributed by atoms with Gasteiger partial charge in [-0.05, 0) is 25.7 Å². The van der Waals surface area contributed by atoms with E-state index < -0.39 is 0 Å². The molecule has 0 aromatic heterocycles. The summed E-state index contributed by atoms with van der Waals surface area (Å²) in [6.45, 7) is 2.80. The molecule has 0 saturated heterocycles. The van der Waals surface area contributed by atoms with Crippen molar-refractivity contribution in [1.29, 1.82) is 0 Å². The average molecular weight is 184 g/mol. The van der Waals surface area contributed by atoms with Crippen LogP contribution in [0.3, 0.4) is 0 Å². The molecule has 0 aliphatic heterocycles. The molecule has 1 N–H and O–H groups in total. The molecule has 0 bridgehead atoms. The Balaban J connectivity index is 1.62. The molecule has 13 heavy (non-hydrogen) atoms. The maximum Gasteiger partial charge on any atom is 0.0697 e. The lowest BCUT2D eigenvalue weighted by molar-refractivity contribution is -0.141. The molecule has 2 aliphatic rings. The van der Waals surface area contributed by atoms with Crippen LogP contribution in [-0.2, 0) is 4.74 Å². The second-order valence-corrected chi connectivity index (χ2v) is 4.69. The largest absolute Gasteiger partial charge is 0.390 e. The van der Waals surface area contributed by atoms with Gasteiger partial charge in [-0.25, -0.2) is 0 Å². The van der Waals surface area contributed by atoms with Crippen molar-refractivity contribution in [3.63, 3.8) is 0 Å². The van der Waals surface area contributed by atoms with Crippen LogP contribution in [-0.4, -0.2) is 23.4 Å². The summed E-state index contributed by atoms with van der Waals surface area (Å²) < 4.78 is 5.44. The molecule has 0 radical (unpaired) electrons. The fourth-order valence-electron chi connectivity index (χ4n) is 2.22. The minimum atomic E-state index is -0.359. The first kappa shape index (κ1) is 9.47. The van der Waals surface area contributed by atoms with Gasteiger partial charge < -0.3 is 9.84 Å². The van der Waals surface area contributed by atoms with Crippen LogP contribution in [0.5, 0.6) is 0 Å². The van der Waals surface area contributed by atoms with Crippen LogP contribution >= 0.6 is 0 Å². The summed E-state index contributed by atoms with van der Waals surface area (Å²) in [6.07, 6.45) is 7.10. The molecule has 2 rings (SSSR count). The predicted octanol–water partition coefficient (Wildman–Crippen LogP) is 2.11. The smallest absolute Gasteiger partial charge is 0.0697 e. The van der Waals surface area contributed by atoms with Crippen LogP contribution < -0.4 is 0 Å². The highest BCUT2D eigenvalue weighted by atomic mass is 16.5. The summed E-state index contributed by atoms with van der Waals surface area (Å²) in [5.41, 5.74) is -0.359. The van der Waals surface area contributed by atoms with Crippen LogP contribution in [0.15, 0.2) is 0 Å². The van der Waals surface area contributed by atoms with Gasteiger partial charge in [0.1, 0.15) is 0 Å². The van der Waals surface area contributed by atoms with Crippen molar-refractivity contribution >= 4 is 0 Å². The van der Waals surface area contributed by atoms with E-state index in [0.717, 1.165) is 31.8 Å². The maximum absolute atomic E-state index is 10.0. The van der Waals surface area contributed by atoms with Crippen molar-refractivity contribution in [3.8, 4) is 0 Å². The Morgan fingerprint density at radius 1 is 1.38 bits per heavy atom. The minimum absolute atomic E-state index is 0.342. The molecule has 2 aliphatic carbocycles. The van der Waals surface area contributed by atoms with Crippen molar-refractivity contribution in [3.05, 3.63) is 0 Å². The molecule has 0 amide bonds. The van der Waals surface area contributed by atoms with Gasteiger partial charge in [-0.15, -0.1) is 0 Å². The highest BCUT2D eigenvalue weighted by Gasteiger charge is 2.43. The first-order valence-electron chi connectivity index (χ1n) is 5.56. The number of hydrogen-bond donors (Lipinski definition) is 1. The van der Waals surface area contributed by atoms with Crippen molar-refractivity contribution in [2.75, 3.05) is 6.61 Å². The highest BCUT2D eigenvalue weighted by Crippen LogP contribution is 2.42. The van der Waals surface area contributed by atoms with Crippen molar-refractivity contribution in [1.82, 2.24) is 0 Å². The van der Waals surface area contributed by atoms with E-state index in [9.17, 15) is 5.11 Å². The quantitative estimate of drug-likeness (QED) is 0.709. The van der Waals surface area contributed by atoms with Crippen molar-refractivity contribution in [2.45, 2.75) is 57.2 Å². The van der Waals surface area contributed by atoms with Gasteiger partial charge >= 0.3 is 0 Å². The van der Waals surface area contributed by atoms with Gasteiger partial charge in [0.2, 0.25) is 0 Å². The monoisotopic (exact) mass is 184 g/mol. The van der Waals surface area contributed by atoms with Crippen LogP contribution in [0.1, 0.15) is 45.4 Å². The van der Waals surface area contributed by atoms with Gasteiger partial charge in [-0.2, -0.15) is 0 Å². The first-order chi connectivity index (χ1) is 6.22. The fourth-order valence-corrected chi connectivity index (χ4v) is 2.22. The summed E-state index contributed by atoms with van der Waals surface area (Å²) in [5, 5.41) is 10.0. The topological polar surface area (TPSA) is 29.5 Å². The van der Waals surface area contributed by atoms with E-state index in [1.807, 2.05) is 6.92 Å². The van der Waals surface area contributed by atoms with Gasteiger partial charge in [0.05, 0.1) is 11.7 Å². The SMILES string of the molecule is CCOC1CC(O)(CCC2CC2)C1. The lowest BCUT2D eigenvalue weighted by Crippen LogP contribution is -2.48. The van der Waals surface area contributed by atoms with E-state index in [4.69, 9.17) is 4.74 Å². The second-order valence-electron chi connectivity index (χ2n) is 4.69. The lowest BCUT2D eigenvalue weighted by atomic mass is 9.74. The summed E-state index contributed by atoms with van der Waals surface area (Å²) in [4.78, 5) is 0. The second kappa shape index (κ2) is 3.58. The van der Waals surface area contributed by atoms with Crippen LogP contribution in [0.2, 0.25) is 0 Å². The van der Waals surface area contributed by atoms with Crippen LogP contribution in [0.25, 0.3) is 0 Å². The number of aliphatic hydroxyl groups is 1. The lowest BCUT2D eigenvalue weighted by Gasteiger charge is -2.43.